The number of hydrogen-bond acceptors (Lipinski definition) is 3. The number of para-hydroxylation sites is 1. The summed E-state index contributed by atoms with van der Waals surface area (Å²) in [6.07, 6.45) is 3.25. The number of piperidine rings is 1. The highest BCUT2D eigenvalue weighted by atomic mass is 35.5. The number of fused-ring (bicyclic) bond motifs is 1. The topological polar surface area (TPSA) is 59.2 Å². The maximum atomic E-state index is 13.0. The molecule has 0 aliphatic carbocycles. The highest BCUT2D eigenvalue weighted by Crippen LogP contribution is 2.24. The zero-order valence-corrected chi connectivity index (χ0v) is 15.5. The molecule has 0 spiro atoms. The fourth-order valence-electron chi connectivity index (χ4n) is 3.38. The average molecular weight is 370 g/mol. The van der Waals surface area contributed by atoms with Crippen molar-refractivity contribution < 1.29 is 4.79 Å². The molecule has 1 aliphatic rings. The summed E-state index contributed by atoms with van der Waals surface area (Å²) in [7, 11) is 0. The van der Waals surface area contributed by atoms with Crippen LogP contribution < -0.4 is 5.73 Å². The first-order chi connectivity index (χ1) is 10.7. The molecule has 1 unspecified atom stereocenters. The molecule has 1 atom stereocenters. The molecule has 0 saturated carbocycles. The van der Waals surface area contributed by atoms with Crippen LogP contribution in [0.2, 0.25) is 0 Å². The summed E-state index contributed by atoms with van der Waals surface area (Å²) in [5.74, 6) is 0.667. The van der Waals surface area contributed by atoms with Crippen LogP contribution in [0.3, 0.4) is 0 Å². The number of likely N-dealkylation sites (tertiary alicyclic amines) is 1. The van der Waals surface area contributed by atoms with Crippen LogP contribution in [-0.4, -0.2) is 35.4 Å². The zero-order valence-electron chi connectivity index (χ0n) is 13.9. The highest BCUT2D eigenvalue weighted by Gasteiger charge is 2.25. The van der Waals surface area contributed by atoms with Gasteiger partial charge >= 0.3 is 0 Å². The van der Waals surface area contributed by atoms with Crippen molar-refractivity contribution in [3.63, 3.8) is 0 Å². The minimum Gasteiger partial charge on any atom is -0.338 e. The summed E-state index contributed by atoms with van der Waals surface area (Å²) >= 11 is 0. The Labute approximate surface area is 155 Å². The summed E-state index contributed by atoms with van der Waals surface area (Å²) in [5, 5.41) is 0.944. The van der Waals surface area contributed by atoms with Gasteiger partial charge in [0.15, 0.2) is 0 Å². The lowest BCUT2D eigenvalue weighted by Gasteiger charge is -2.33. The number of halogens is 2. The van der Waals surface area contributed by atoms with E-state index >= 15 is 0 Å². The maximum Gasteiger partial charge on any atom is 0.254 e. The van der Waals surface area contributed by atoms with Crippen LogP contribution in [0.15, 0.2) is 30.3 Å². The summed E-state index contributed by atoms with van der Waals surface area (Å²) in [5.41, 5.74) is 8.23. The van der Waals surface area contributed by atoms with E-state index in [1.165, 1.54) is 6.42 Å². The van der Waals surface area contributed by atoms with E-state index in [0.717, 1.165) is 48.1 Å². The van der Waals surface area contributed by atoms with Gasteiger partial charge in [-0.3, -0.25) is 9.78 Å². The van der Waals surface area contributed by atoms with Gasteiger partial charge in [-0.25, -0.2) is 0 Å². The number of hydrogen-bond donors (Lipinski definition) is 1. The van der Waals surface area contributed by atoms with Gasteiger partial charge in [-0.15, -0.1) is 24.8 Å². The minimum atomic E-state index is 0. The van der Waals surface area contributed by atoms with E-state index in [4.69, 9.17) is 5.73 Å². The molecular weight excluding hydrogens is 345 g/mol. The second kappa shape index (κ2) is 9.21. The lowest BCUT2D eigenvalue weighted by molar-refractivity contribution is 0.0671. The SMILES string of the molecule is Cc1cc(C(=O)N2CCCC(CCN)C2)c2ccccc2n1.Cl.Cl. The molecule has 2 aromatic rings. The minimum absolute atomic E-state index is 0. The number of rotatable bonds is 3. The van der Waals surface area contributed by atoms with Crippen molar-refractivity contribution in [3.8, 4) is 0 Å². The smallest absolute Gasteiger partial charge is 0.254 e. The molecule has 24 heavy (non-hydrogen) atoms. The molecule has 1 saturated heterocycles. The van der Waals surface area contributed by atoms with E-state index in [2.05, 4.69) is 4.98 Å². The number of aromatic nitrogens is 1. The van der Waals surface area contributed by atoms with Gasteiger partial charge < -0.3 is 10.6 Å². The Hall–Kier alpha value is -1.36. The van der Waals surface area contributed by atoms with Crippen molar-refractivity contribution >= 4 is 41.6 Å². The van der Waals surface area contributed by atoms with Gasteiger partial charge in [0.25, 0.3) is 5.91 Å². The monoisotopic (exact) mass is 369 g/mol. The number of carbonyl (C=O) groups excluding carboxylic acids is 1. The second-order valence-corrected chi connectivity index (χ2v) is 6.17. The van der Waals surface area contributed by atoms with Gasteiger partial charge in [-0.2, -0.15) is 0 Å². The molecule has 6 heteroatoms. The van der Waals surface area contributed by atoms with E-state index in [1.54, 1.807) is 0 Å². The third kappa shape index (κ3) is 4.38. The summed E-state index contributed by atoms with van der Waals surface area (Å²) in [6, 6.07) is 9.78. The molecule has 1 aromatic carbocycles. The molecule has 1 aliphatic heterocycles. The number of nitrogens with two attached hydrogens (primary N) is 1. The quantitative estimate of drug-likeness (QED) is 0.898. The predicted octanol–water partition coefficient (Wildman–Crippen LogP) is 3.59. The standard InChI is InChI=1S/C18H23N3O.2ClH/c1-13-11-16(15-6-2-3-7-17(15)20-13)18(22)21-10-4-5-14(12-21)8-9-19;;/h2-3,6-7,11,14H,4-5,8-10,12,19H2,1H3;2*1H. The van der Waals surface area contributed by atoms with Crippen molar-refractivity contribution in [2.75, 3.05) is 19.6 Å². The number of pyridine rings is 1. The van der Waals surface area contributed by atoms with Crippen LogP contribution in [0.4, 0.5) is 0 Å². The Balaban J connectivity index is 0.00000144. The van der Waals surface area contributed by atoms with Crippen LogP contribution in [0.1, 0.15) is 35.3 Å². The van der Waals surface area contributed by atoms with E-state index < -0.39 is 0 Å². The Morgan fingerprint density at radius 2 is 2.08 bits per heavy atom. The molecule has 2 heterocycles. The molecule has 132 valence electrons. The van der Waals surface area contributed by atoms with Gasteiger partial charge in [0, 0.05) is 24.2 Å². The molecule has 2 N–H and O–H groups in total. The van der Waals surface area contributed by atoms with Gasteiger partial charge in [-0.1, -0.05) is 18.2 Å². The van der Waals surface area contributed by atoms with Crippen LogP contribution in [0.25, 0.3) is 10.9 Å². The van der Waals surface area contributed by atoms with Gasteiger partial charge in [0.1, 0.15) is 0 Å². The number of benzene rings is 1. The molecule has 1 aromatic heterocycles. The molecule has 1 fully saturated rings. The van der Waals surface area contributed by atoms with Crippen LogP contribution in [0, 0.1) is 12.8 Å². The van der Waals surface area contributed by atoms with Crippen molar-refractivity contribution in [1.82, 2.24) is 9.88 Å². The normalized spacial score (nSPS) is 17.1. The Morgan fingerprint density at radius 1 is 1.33 bits per heavy atom. The Bertz CT molecular complexity index is 691. The molecule has 4 nitrogen and oxygen atoms in total. The third-order valence-electron chi connectivity index (χ3n) is 4.46. The molecule has 1 amide bonds. The highest BCUT2D eigenvalue weighted by molar-refractivity contribution is 6.06. The number of aryl methyl sites for hydroxylation is 1. The average Bonchev–Trinajstić information content (AvgIpc) is 2.54. The first-order valence-corrected chi connectivity index (χ1v) is 8.05. The number of amides is 1. The van der Waals surface area contributed by atoms with Crippen LogP contribution in [-0.2, 0) is 0 Å². The zero-order chi connectivity index (χ0) is 15.5. The first-order valence-electron chi connectivity index (χ1n) is 8.05. The van der Waals surface area contributed by atoms with Gasteiger partial charge in [0.05, 0.1) is 11.1 Å². The lowest BCUT2D eigenvalue weighted by atomic mass is 9.94. The van der Waals surface area contributed by atoms with E-state index in [-0.39, 0.29) is 30.7 Å². The van der Waals surface area contributed by atoms with Crippen molar-refractivity contribution in [2.45, 2.75) is 26.2 Å². The fourth-order valence-corrected chi connectivity index (χ4v) is 3.38. The van der Waals surface area contributed by atoms with Crippen molar-refractivity contribution in [2.24, 2.45) is 11.7 Å². The Kier molecular flexibility index (Phi) is 7.94. The van der Waals surface area contributed by atoms with E-state index in [9.17, 15) is 4.79 Å². The fraction of sp³-hybridized carbons (Fsp3) is 0.444. The molecule has 0 radical (unpaired) electrons. The summed E-state index contributed by atoms with van der Waals surface area (Å²) in [4.78, 5) is 19.5. The number of carbonyl (C=O) groups is 1. The van der Waals surface area contributed by atoms with E-state index in [1.807, 2.05) is 42.2 Å². The van der Waals surface area contributed by atoms with Crippen molar-refractivity contribution in [1.29, 1.82) is 0 Å². The Morgan fingerprint density at radius 3 is 2.83 bits per heavy atom. The lowest BCUT2D eigenvalue weighted by Crippen LogP contribution is -2.40. The second-order valence-electron chi connectivity index (χ2n) is 6.17. The van der Waals surface area contributed by atoms with E-state index in [0.29, 0.717) is 12.5 Å². The third-order valence-corrected chi connectivity index (χ3v) is 4.46. The predicted molar refractivity (Wildman–Crippen MR) is 103 cm³/mol. The van der Waals surface area contributed by atoms with Crippen LogP contribution >= 0.6 is 24.8 Å². The first kappa shape index (κ1) is 20.7. The molecule has 0 bridgehead atoms. The maximum absolute atomic E-state index is 13.0. The van der Waals surface area contributed by atoms with Crippen LogP contribution in [0.5, 0.6) is 0 Å². The summed E-state index contributed by atoms with van der Waals surface area (Å²) < 4.78 is 0. The molecule has 3 rings (SSSR count). The summed E-state index contributed by atoms with van der Waals surface area (Å²) in [6.45, 7) is 4.31. The number of nitrogens with zero attached hydrogens (tertiary/aromatic N) is 2. The van der Waals surface area contributed by atoms with Gasteiger partial charge in [-0.05, 0) is 50.8 Å². The van der Waals surface area contributed by atoms with Crippen molar-refractivity contribution in [3.05, 3.63) is 41.6 Å². The molecular formula is C18H25Cl2N3O. The largest absolute Gasteiger partial charge is 0.338 e. The van der Waals surface area contributed by atoms with Gasteiger partial charge in [0.2, 0.25) is 0 Å².